The SMILES string of the molecule is CCCOc1ccc(-c2ccc(NC(C)=O)cc2)cc1C(=O)O. The van der Waals surface area contributed by atoms with E-state index in [1.807, 2.05) is 25.1 Å². The molecule has 0 aromatic heterocycles. The Morgan fingerprint density at radius 3 is 2.30 bits per heavy atom. The summed E-state index contributed by atoms with van der Waals surface area (Å²) in [5, 5.41) is 12.0. The second-order valence-electron chi connectivity index (χ2n) is 5.12. The lowest BCUT2D eigenvalue weighted by molar-refractivity contribution is -0.114. The van der Waals surface area contributed by atoms with E-state index in [-0.39, 0.29) is 11.5 Å². The third-order valence-electron chi connectivity index (χ3n) is 3.21. The van der Waals surface area contributed by atoms with Gasteiger partial charge >= 0.3 is 5.97 Å². The van der Waals surface area contributed by atoms with E-state index < -0.39 is 5.97 Å². The standard InChI is InChI=1S/C18H19NO4/c1-3-10-23-17-9-6-14(11-16(17)18(21)22)13-4-7-15(8-5-13)19-12(2)20/h4-9,11H,3,10H2,1-2H3,(H,19,20)(H,21,22). The van der Waals surface area contributed by atoms with Crippen molar-refractivity contribution >= 4 is 17.6 Å². The molecule has 5 nitrogen and oxygen atoms in total. The molecule has 0 fully saturated rings. The van der Waals surface area contributed by atoms with Gasteiger partial charge < -0.3 is 15.2 Å². The van der Waals surface area contributed by atoms with E-state index in [2.05, 4.69) is 5.32 Å². The Kier molecular flexibility index (Phi) is 5.36. The number of hydrogen-bond acceptors (Lipinski definition) is 3. The molecule has 1 amide bonds. The summed E-state index contributed by atoms with van der Waals surface area (Å²) in [4.78, 5) is 22.4. The molecule has 0 spiro atoms. The maximum Gasteiger partial charge on any atom is 0.339 e. The van der Waals surface area contributed by atoms with E-state index in [1.54, 1.807) is 24.3 Å². The Balaban J connectivity index is 2.30. The summed E-state index contributed by atoms with van der Waals surface area (Å²) in [5.74, 6) is -0.783. The number of amides is 1. The van der Waals surface area contributed by atoms with Gasteiger partial charge in [-0.1, -0.05) is 25.1 Å². The summed E-state index contributed by atoms with van der Waals surface area (Å²) in [5.41, 5.74) is 2.48. The van der Waals surface area contributed by atoms with Gasteiger partial charge in [0.05, 0.1) is 6.61 Å². The predicted octanol–water partition coefficient (Wildman–Crippen LogP) is 3.80. The number of nitrogens with one attached hydrogen (secondary N) is 1. The molecule has 120 valence electrons. The van der Waals surface area contributed by atoms with Crippen LogP contribution in [0.4, 0.5) is 5.69 Å². The minimum Gasteiger partial charge on any atom is -0.493 e. The summed E-state index contributed by atoms with van der Waals surface area (Å²) in [6.45, 7) is 3.89. The van der Waals surface area contributed by atoms with Crippen molar-refractivity contribution in [3.8, 4) is 16.9 Å². The first-order valence-corrected chi connectivity index (χ1v) is 7.39. The van der Waals surface area contributed by atoms with Crippen LogP contribution in [0.1, 0.15) is 30.6 Å². The zero-order chi connectivity index (χ0) is 16.8. The number of carboxylic acid groups (broad SMARTS) is 1. The van der Waals surface area contributed by atoms with Gasteiger partial charge in [0.1, 0.15) is 11.3 Å². The molecule has 0 aliphatic rings. The molecular formula is C18H19NO4. The van der Waals surface area contributed by atoms with E-state index in [9.17, 15) is 14.7 Å². The maximum atomic E-state index is 11.4. The number of carboxylic acids is 1. The highest BCUT2D eigenvalue weighted by Crippen LogP contribution is 2.28. The Bertz CT molecular complexity index is 707. The molecule has 0 aliphatic heterocycles. The van der Waals surface area contributed by atoms with Crippen LogP contribution in [0.3, 0.4) is 0 Å². The van der Waals surface area contributed by atoms with Crippen molar-refractivity contribution in [3.05, 3.63) is 48.0 Å². The van der Waals surface area contributed by atoms with Crippen molar-refractivity contribution in [1.29, 1.82) is 0 Å². The molecule has 5 heteroatoms. The number of carbonyl (C=O) groups excluding carboxylic acids is 1. The molecular weight excluding hydrogens is 294 g/mol. The smallest absolute Gasteiger partial charge is 0.339 e. The number of hydrogen-bond donors (Lipinski definition) is 2. The monoisotopic (exact) mass is 313 g/mol. The van der Waals surface area contributed by atoms with Gasteiger partial charge in [-0.3, -0.25) is 4.79 Å². The van der Waals surface area contributed by atoms with Crippen LogP contribution in [0.2, 0.25) is 0 Å². The maximum absolute atomic E-state index is 11.4. The highest BCUT2D eigenvalue weighted by molar-refractivity contribution is 5.93. The van der Waals surface area contributed by atoms with Gasteiger partial charge in [0.2, 0.25) is 5.91 Å². The van der Waals surface area contributed by atoms with Gasteiger partial charge in [-0.15, -0.1) is 0 Å². The number of aromatic carboxylic acids is 1. The molecule has 0 aliphatic carbocycles. The fourth-order valence-corrected chi connectivity index (χ4v) is 2.16. The number of rotatable bonds is 6. The fraction of sp³-hybridized carbons (Fsp3) is 0.222. The molecule has 2 N–H and O–H groups in total. The Labute approximate surface area is 134 Å². The lowest BCUT2D eigenvalue weighted by atomic mass is 10.0. The first-order valence-electron chi connectivity index (χ1n) is 7.39. The minimum atomic E-state index is -1.02. The molecule has 0 radical (unpaired) electrons. The molecule has 2 rings (SSSR count). The van der Waals surface area contributed by atoms with E-state index >= 15 is 0 Å². The Hall–Kier alpha value is -2.82. The average Bonchev–Trinajstić information content (AvgIpc) is 2.53. The van der Waals surface area contributed by atoms with Crippen LogP contribution in [0, 0.1) is 0 Å². The highest BCUT2D eigenvalue weighted by atomic mass is 16.5. The first kappa shape index (κ1) is 16.5. The summed E-state index contributed by atoms with van der Waals surface area (Å²) in [6, 6.07) is 12.3. The van der Waals surface area contributed by atoms with Crippen molar-refractivity contribution in [2.45, 2.75) is 20.3 Å². The molecule has 0 saturated heterocycles. The molecule has 0 saturated carbocycles. The summed E-state index contributed by atoms with van der Waals surface area (Å²) < 4.78 is 5.47. The molecule has 0 heterocycles. The summed E-state index contributed by atoms with van der Waals surface area (Å²) >= 11 is 0. The quantitative estimate of drug-likeness (QED) is 0.850. The molecule has 2 aromatic rings. The lowest BCUT2D eigenvalue weighted by Gasteiger charge is -2.11. The van der Waals surface area contributed by atoms with Crippen LogP contribution < -0.4 is 10.1 Å². The van der Waals surface area contributed by atoms with Crippen molar-refractivity contribution in [2.75, 3.05) is 11.9 Å². The minimum absolute atomic E-state index is 0.136. The predicted molar refractivity (Wildman–Crippen MR) is 88.9 cm³/mol. The topological polar surface area (TPSA) is 75.6 Å². The van der Waals surface area contributed by atoms with Crippen molar-refractivity contribution < 1.29 is 19.4 Å². The van der Waals surface area contributed by atoms with Crippen LogP contribution in [0.15, 0.2) is 42.5 Å². The molecule has 0 unspecified atom stereocenters. The normalized spacial score (nSPS) is 10.2. The highest BCUT2D eigenvalue weighted by Gasteiger charge is 2.13. The van der Waals surface area contributed by atoms with Crippen molar-refractivity contribution in [2.24, 2.45) is 0 Å². The van der Waals surface area contributed by atoms with Crippen molar-refractivity contribution in [3.63, 3.8) is 0 Å². The number of anilines is 1. The van der Waals surface area contributed by atoms with Crippen molar-refractivity contribution in [1.82, 2.24) is 0 Å². The largest absolute Gasteiger partial charge is 0.493 e. The third-order valence-corrected chi connectivity index (χ3v) is 3.21. The average molecular weight is 313 g/mol. The van der Waals surface area contributed by atoms with Crippen LogP contribution in [-0.4, -0.2) is 23.6 Å². The van der Waals surface area contributed by atoms with Crippen LogP contribution >= 0.6 is 0 Å². The zero-order valence-electron chi connectivity index (χ0n) is 13.1. The fourth-order valence-electron chi connectivity index (χ4n) is 2.16. The molecule has 0 atom stereocenters. The van der Waals surface area contributed by atoms with Gasteiger partial charge in [-0.25, -0.2) is 4.79 Å². The van der Waals surface area contributed by atoms with E-state index in [0.717, 1.165) is 17.5 Å². The second kappa shape index (κ2) is 7.45. The molecule has 2 aromatic carbocycles. The summed E-state index contributed by atoms with van der Waals surface area (Å²) in [7, 11) is 0. The first-order chi connectivity index (χ1) is 11.0. The van der Waals surface area contributed by atoms with Gasteiger partial charge in [0.15, 0.2) is 0 Å². The van der Waals surface area contributed by atoms with Gasteiger partial charge in [-0.2, -0.15) is 0 Å². The Morgan fingerprint density at radius 2 is 1.74 bits per heavy atom. The zero-order valence-corrected chi connectivity index (χ0v) is 13.1. The van der Waals surface area contributed by atoms with E-state index in [0.29, 0.717) is 18.0 Å². The van der Waals surface area contributed by atoms with E-state index in [1.165, 1.54) is 6.92 Å². The van der Waals surface area contributed by atoms with Crippen LogP contribution in [0.5, 0.6) is 5.75 Å². The van der Waals surface area contributed by atoms with Crippen LogP contribution in [-0.2, 0) is 4.79 Å². The molecule has 23 heavy (non-hydrogen) atoms. The van der Waals surface area contributed by atoms with Gasteiger partial charge in [-0.05, 0) is 41.8 Å². The second-order valence-corrected chi connectivity index (χ2v) is 5.12. The summed E-state index contributed by atoms with van der Waals surface area (Å²) in [6.07, 6.45) is 0.811. The third kappa shape index (κ3) is 4.32. The van der Waals surface area contributed by atoms with Crippen LogP contribution in [0.25, 0.3) is 11.1 Å². The Morgan fingerprint density at radius 1 is 1.09 bits per heavy atom. The van der Waals surface area contributed by atoms with Gasteiger partial charge in [0.25, 0.3) is 0 Å². The molecule has 0 bridgehead atoms. The number of benzene rings is 2. The van der Waals surface area contributed by atoms with Gasteiger partial charge in [0, 0.05) is 12.6 Å². The lowest BCUT2D eigenvalue weighted by Crippen LogP contribution is -2.05. The van der Waals surface area contributed by atoms with E-state index in [4.69, 9.17) is 4.74 Å². The number of ether oxygens (including phenoxy) is 1. The number of carbonyl (C=O) groups is 2.